The summed E-state index contributed by atoms with van der Waals surface area (Å²) in [5.74, 6) is -0.160. The number of halogens is 1. The van der Waals surface area contributed by atoms with Crippen LogP contribution in [0, 0.1) is 0 Å². The number of aromatic nitrogens is 2. The van der Waals surface area contributed by atoms with E-state index in [9.17, 15) is 9.59 Å². The van der Waals surface area contributed by atoms with Gasteiger partial charge in [-0.1, -0.05) is 41.6 Å². The Kier molecular flexibility index (Phi) is 5.57. The highest BCUT2D eigenvalue weighted by Gasteiger charge is 2.18. The average Bonchev–Trinajstić information content (AvgIpc) is 3.18. The number of thioether (sulfide) groups is 1. The molecule has 10 heteroatoms. The van der Waals surface area contributed by atoms with Crippen LogP contribution in [0.25, 0.3) is 20.9 Å². The van der Waals surface area contributed by atoms with Gasteiger partial charge in [0.05, 0.1) is 10.8 Å². The van der Waals surface area contributed by atoms with Gasteiger partial charge in [0.15, 0.2) is 0 Å². The zero-order valence-corrected chi connectivity index (χ0v) is 15.4. The minimum Gasteiger partial charge on any atom is -0.410 e. The van der Waals surface area contributed by atoms with E-state index in [0.717, 1.165) is 21.8 Å². The van der Waals surface area contributed by atoms with Gasteiger partial charge in [0.1, 0.15) is 4.88 Å². The summed E-state index contributed by atoms with van der Waals surface area (Å²) in [6.45, 7) is 2.20. The summed E-state index contributed by atoms with van der Waals surface area (Å²) in [5, 5.41) is 14.3. The third-order valence-corrected chi connectivity index (χ3v) is 5.53. The molecule has 25 heavy (non-hydrogen) atoms. The highest BCUT2D eigenvalue weighted by Crippen LogP contribution is 2.41. The van der Waals surface area contributed by atoms with Crippen LogP contribution >= 0.6 is 34.7 Å². The molecule has 1 aromatic carbocycles. The van der Waals surface area contributed by atoms with Gasteiger partial charge in [-0.25, -0.2) is 4.79 Å². The number of benzene rings is 1. The summed E-state index contributed by atoms with van der Waals surface area (Å²) in [6, 6.07) is 7.20. The van der Waals surface area contributed by atoms with Gasteiger partial charge in [0.2, 0.25) is 5.91 Å². The first kappa shape index (κ1) is 17.7. The van der Waals surface area contributed by atoms with Crippen LogP contribution < -0.4 is 10.6 Å². The molecule has 0 spiro atoms. The first-order valence-electron chi connectivity index (χ1n) is 7.30. The van der Waals surface area contributed by atoms with E-state index in [1.807, 2.05) is 24.3 Å². The number of thiophene rings is 1. The van der Waals surface area contributed by atoms with Gasteiger partial charge in [-0.05, 0) is 13.0 Å². The number of urea groups is 1. The molecule has 0 atom stereocenters. The molecule has 0 fully saturated rings. The standard InChI is InChI=1S/C15H13ClN4O3S2/c1-2-17-14(22)18-10(21)7-24-15-20-19-13(23-15)12-11(16)8-5-3-4-6-9(8)25-12/h3-6H,2,7H2,1H3,(H2,17,18,21,22). The molecule has 2 heterocycles. The molecule has 3 rings (SSSR count). The molecule has 0 saturated carbocycles. The molecule has 0 radical (unpaired) electrons. The van der Waals surface area contributed by atoms with E-state index in [4.69, 9.17) is 16.0 Å². The van der Waals surface area contributed by atoms with Crippen LogP contribution in [0.2, 0.25) is 5.02 Å². The Morgan fingerprint density at radius 3 is 2.88 bits per heavy atom. The van der Waals surface area contributed by atoms with Gasteiger partial charge in [0.25, 0.3) is 11.1 Å². The van der Waals surface area contributed by atoms with Gasteiger partial charge >= 0.3 is 6.03 Å². The first-order valence-corrected chi connectivity index (χ1v) is 9.48. The van der Waals surface area contributed by atoms with Crippen molar-refractivity contribution < 1.29 is 14.0 Å². The molecule has 0 saturated heterocycles. The van der Waals surface area contributed by atoms with Crippen LogP contribution in [-0.2, 0) is 4.79 Å². The number of hydrogen-bond acceptors (Lipinski definition) is 7. The molecular formula is C15H13ClN4O3S2. The van der Waals surface area contributed by atoms with Crippen LogP contribution in [0.15, 0.2) is 33.9 Å². The maximum atomic E-state index is 11.6. The van der Waals surface area contributed by atoms with E-state index in [0.29, 0.717) is 22.3 Å². The lowest BCUT2D eigenvalue weighted by Gasteiger charge is -2.02. The molecule has 0 unspecified atom stereocenters. The first-order chi connectivity index (χ1) is 12.1. The minimum absolute atomic E-state index is 0.0150. The average molecular weight is 397 g/mol. The number of fused-ring (bicyclic) bond motifs is 1. The predicted molar refractivity (Wildman–Crippen MR) is 98.1 cm³/mol. The maximum absolute atomic E-state index is 11.6. The Labute approximate surface area is 156 Å². The monoisotopic (exact) mass is 396 g/mol. The van der Waals surface area contributed by atoms with Crippen molar-refractivity contribution in [3.8, 4) is 10.8 Å². The van der Waals surface area contributed by atoms with Crippen molar-refractivity contribution in [3.05, 3.63) is 29.3 Å². The van der Waals surface area contributed by atoms with E-state index < -0.39 is 11.9 Å². The van der Waals surface area contributed by atoms with Gasteiger partial charge < -0.3 is 9.73 Å². The Morgan fingerprint density at radius 1 is 1.32 bits per heavy atom. The SMILES string of the molecule is CCNC(=O)NC(=O)CSc1nnc(-c2sc3ccccc3c2Cl)o1. The predicted octanol–water partition coefficient (Wildman–Crippen LogP) is 3.54. The number of nitrogens with zero attached hydrogens (tertiary/aromatic N) is 2. The lowest BCUT2D eigenvalue weighted by molar-refractivity contribution is -0.117. The fourth-order valence-electron chi connectivity index (χ4n) is 2.01. The number of carbonyl (C=O) groups is 2. The van der Waals surface area contributed by atoms with E-state index in [2.05, 4.69) is 20.8 Å². The number of rotatable bonds is 5. The summed E-state index contributed by atoms with van der Waals surface area (Å²) in [6.07, 6.45) is 0. The molecule has 2 aromatic heterocycles. The molecule has 7 nitrogen and oxygen atoms in total. The molecule has 2 N–H and O–H groups in total. The maximum Gasteiger partial charge on any atom is 0.321 e. The molecule has 3 aromatic rings. The van der Waals surface area contributed by atoms with Crippen LogP contribution in [0.4, 0.5) is 4.79 Å². The molecule has 0 aliphatic rings. The fraction of sp³-hybridized carbons (Fsp3) is 0.200. The Morgan fingerprint density at radius 2 is 2.12 bits per heavy atom. The number of amides is 3. The summed E-state index contributed by atoms with van der Waals surface area (Å²) < 4.78 is 6.59. The van der Waals surface area contributed by atoms with E-state index >= 15 is 0 Å². The van der Waals surface area contributed by atoms with Crippen molar-refractivity contribution in [1.29, 1.82) is 0 Å². The van der Waals surface area contributed by atoms with Gasteiger partial charge in [-0.15, -0.1) is 21.5 Å². The second kappa shape index (κ2) is 7.85. The van der Waals surface area contributed by atoms with Crippen molar-refractivity contribution >= 4 is 56.7 Å². The van der Waals surface area contributed by atoms with Crippen molar-refractivity contribution in [2.24, 2.45) is 0 Å². The van der Waals surface area contributed by atoms with Crippen molar-refractivity contribution in [3.63, 3.8) is 0 Å². The number of imide groups is 1. The minimum atomic E-state index is -0.531. The molecule has 130 valence electrons. The van der Waals surface area contributed by atoms with Crippen LogP contribution in [0.5, 0.6) is 0 Å². The normalized spacial score (nSPS) is 10.8. The largest absolute Gasteiger partial charge is 0.410 e. The van der Waals surface area contributed by atoms with E-state index in [1.165, 1.54) is 11.3 Å². The number of nitrogens with one attached hydrogen (secondary N) is 2. The Hall–Kier alpha value is -2.10. The highest BCUT2D eigenvalue weighted by atomic mass is 35.5. The van der Waals surface area contributed by atoms with Crippen molar-refractivity contribution in [2.45, 2.75) is 12.1 Å². The second-order valence-corrected chi connectivity index (χ2v) is 7.17. The lowest BCUT2D eigenvalue weighted by Crippen LogP contribution is -2.40. The van der Waals surface area contributed by atoms with E-state index in [1.54, 1.807) is 6.92 Å². The molecule has 0 aliphatic heterocycles. The van der Waals surface area contributed by atoms with Gasteiger partial charge in [0, 0.05) is 16.6 Å². The summed E-state index contributed by atoms with van der Waals surface area (Å²) in [7, 11) is 0. The highest BCUT2D eigenvalue weighted by molar-refractivity contribution is 7.99. The lowest BCUT2D eigenvalue weighted by atomic mass is 10.2. The van der Waals surface area contributed by atoms with Crippen LogP contribution in [-0.4, -0.2) is 34.4 Å². The van der Waals surface area contributed by atoms with Gasteiger partial charge in [-0.2, -0.15) is 0 Å². The molecule has 3 amide bonds. The molecular weight excluding hydrogens is 384 g/mol. The zero-order valence-electron chi connectivity index (χ0n) is 13.0. The summed E-state index contributed by atoms with van der Waals surface area (Å²) in [4.78, 5) is 23.6. The molecule has 0 bridgehead atoms. The quantitative estimate of drug-likeness (QED) is 0.640. The van der Waals surface area contributed by atoms with Gasteiger partial charge in [-0.3, -0.25) is 10.1 Å². The number of carbonyl (C=O) groups excluding carboxylic acids is 2. The Bertz CT molecular complexity index is 925. The smallest absolute Gasteiger partial charge is 0.321 e. The topological polar surface area (TPSA) is 97.1 Å². The van der Waals surface area contributed by atoms with E-state index in [-0.39, 0.29) is 11.0 Å². The molecule has 0 aliphatic carbocycles. The number of hydrogen-bond donors (Lipinski definition) is 2. The second-order valence-electron chi connectivity index (χ2n) is 4.81. The van der Waals surface area contributed by atoms with Crippen LogP contribution in [0.3, 0.4) is 0 Å². The summed E-state index contributed by atoms with van der Waals surface area (Å²) >= 11 is 8.89. The zero-order chi connectivity index (χ0) is 17.8. The van der Waals surface area contributed by atoms with Crippen molar-refractivity contribution in [2.75, 3.05) is 12.3 Å². The van der Waals surface area contributed by atoms with Crippen molar-refractivity contribution in [1.82, 2.24) is 20.8 Å². The summed E-state index contributed by atoms with van der Waals surface area (Å²) in [5.41, 5.74) is 0. The fourth-order valence-corrected chi connectivity index (χ4v) is 4.00. The van der Waals surface area contributed by atoms with Crippen LogP contribution in [0.1, 0.15) is 6.92 Å². The third kappa shape index (κ3) is 4.12. The third-order valence-electron chi connectivity index (χ3n) is 3.05. The Balaban J connectivity index is 1.67.